The van der Waals surface area contributed by atoms with Gasteiger partial charge in [0.1, 0.15) is 0 Å². The summed E-state index contributed by atoms with van der Waals surface area (Å²) in [5.41, 5.74) is 0.586. The Labute approximate surface area is 189 Å². The highest BCUT2D eigenvalue weighted by Gasteiger charge is 2.26. The van der Waals surface area contributed by atoms with Crippen LogP contribution in [0.5, 0.6) is 0 Å². The smallest absolute Gasteiger partial charge is 0.304 e. The number of aliphatic carboxylic acids is 1. The number of carbonyl (C=O) groups is 1. The van der Waals surface area contributed by atoms with E-state index in [1.165, 1.54) is 32.1 Å². The Morgan fingerprint density at radius 3 is 2.66 bits per heavy atom. The van der Waals surface area contributed by atoms with Crippen LogP contribution in [0.4, 0.5) is 5.82 Å². The fourth-order valence-electron chi connectivity index (χ4n) is 4.89. The second-order valence-corrected chi connectivity index (χ2v) is 9.20. The molecule has 2 aromatic heterocycles. The Hall–Kier alpha value is -2.55. The first-order valence-corrected chi connectivity index (χ1v) is 11.9. The summed E-state index contributed by atoms with van der Waals surface area (Å²) >= 11 is 0. The molecule has 1 aliphatic carbocycles. The number of piperazine rings is 1. The molecular formula is C23H34N6O3. The summed E-state index contributed by atoms with van der Waals surface area (Å²) in [4.78, 5) is 29.6. The topological polar surface area (TPSA) is 108 Å². The summed E-state index contributed by atoms with van der Waals surface area (Å²) < 4.78 is 5.57. The summed E-state index contributed by atoms with van der Waals surface area (Å²) in [6, 6.07) is 0. The van der Waals surface area contributed by atoms with E-state index in [-0.39, 0.29) is 12.3 Å². The zero-order valence-corrected chi connectivity index (χ0v) is 18.9. The Kier molecular flexibility index (Phi) is 7.68. The monoisotopic (exact) mass is 442 g/mol. The van der Waals surface area contributed by atoms with Crippen molar-refractivity contribution < 1.29 is 14.4 Å². The molecule has 32 heavy (non-hydrogen) atoms. The molecule has 9 heteroatoms. The molecule has 2 fully saturated rings. The van der Waals surface area contributed by atoms with Crippen LogP contribution in [0.3, 0.4) is 0 Å². The van der Waals surface area contributed by atoms with Gasteiger partial charge < -0.3 is 19.4 Å². The highest BCUT2D eigenvalue weighted by Crippen LogP contribution is 2.32. The van der Waals surface area contributed by atoms with Gasteiger partial charge in [0.25, 0.3) is 0 Å². The second kappa shape index (κ2) is 10.8. The van der Waals surface area contributed by atoms with Crippen molar-refractivity contribution in [2.75, 3.05) is 38.1 Å². The first-order chi connectivity index (χ1) is 15.6. The van der Waals surface area contributed by atoms with Crippen molar-refractivity contribution in [3.05, 3.63) is 18.3 Å². The molecule has 0 spiro atoms. The van der Waals surface area contributed by atoms with Crippen molar-refractivity contribution in [1.82, 2.24) is 25.0 Å². The van der Waals surface area contributed by atoms with E-state index >= 15 is 0 Å². The summed E-state index contributed by atoms with van der Waals surface area (Å²) in [5.74, 6) is 1.18. The van der Waals surface area contributed by atoms with Crippen LogP contribution >= 0.6 is 0 Å². The van der Waals surface area contributed by atoms with Crippen molar-refractivity contribution in [2.45, 2.75) is 63.7 Å². The van der Waals surface area contributed by atoms with E-state index in [1.807, 2.05) is 0 Å². The van der Waals surface area contributed by atoms with Gasteiger partial charge in [0.2, 0.25) is 11.7 Å². The number of nitrogens with zero attached hydrogens (tertiary/aromatic N) is 6. The second-order valence-electron chi connectivity index (χ2n) is 9.20. The van der Waals surface area contributed by atoms with E-state index in [2.05, 4.69) is 37.0 Å². The normalized spacial score (nSPS) is 19.2. The lowest BCUT2D eigenvalue weighted by atomic mass is 9.84. The van der Waals surface area contributed by atoms with E-state index in [9.17, 15) is 9.90 Å². The number of aromatic nitrogens is 4. The van der Waals surface area contributed by atoms with Crippen LogP contribution in [0.25, 0.3) is 11.5 Å². The number of carboxylic acid groups (broad SMARTS) is 1. The Morgan fingerprint density at radius 1 is 1.16 bits per heavy atom. The maximum Gasteiger partial charge on any atom is 0.304 e. The first-order valence-electron chi connectivity index (χ1n) is 11.9. The minimum absolute atomic E-state index is 0.00190. The molecule has 3 heterocycles. The van der Waals surface area contributed by atoms with Crippen molar-refractivity contribution >= 4 is 11.8 Å². The van der Waals surface area contributed by atoms with Gasteiger partial charge in [-0.05, 0) is 19.4 Å². The summed E-state index contributed by atoms with van der Waals surface area (Å²) in [7, 11) is 2.11. The predicted molar refractivity (Wildman–Crippen MR) is 120 cm³/mol. The summed E-state index contributed by atoms with van der Waals surface area (Å²) in [5, 5.41) is 13.6. The standard InChI is InChI=1S/C23H34N6O3/c1-28-12-14-29(15-13-28)22-20(24-10-11-25-22)21-26-23(32-27-21)18(16-19(30)31)9-5-8-17-6-3-2-4-7-17/h10-11,17-18H,2-9,12-16H2,1H3,(H,30,31)/t18-/m1/s1. The van der Waals surface area contributed by atoms with Crippen LogP contribution < -0.4 is 4.90 Å². The molecule has 9 nitrogen and oxygen atoms in total. The predicted octanol–water partition coefficient (Wildman–Crippen LogP) is 3.59. The molecule has 0 bridgehead atoms. The minimum atomic E-state index is -0.843. The quantitative estimate of drug-likeness (QED) is 0.623. The SMILES string of the molecule is CN1CCN(c2nccnc2-c2noc([C@H](CCCC3CCCCC3)CC(=O)O)n2)CC1. The largest absolute Gasteiger partial charge is 0.481 e. The number of rotatable bonds is 9. The van der Waals surface area contributed by atoms with Crippen LogP contribution in [-0.4, -0.2) is 69.3 Å². The van der Waals surface area contributed by atoms with Gasteiger partial charge >= 0.3 is 5.97 Å². The first kappa shape index (κ1) is 22.6. The molecule has 0 radical (unpaired) electrons. The molecule has 1 N–H and O–H groups in total. The van der Waals surface area contributed by atoms with Gasteiger partial charge in [-0.2, -0.15) is 4.98 Å². The fourth-order valence-corrected chi connectivity index (χ4v) is 4.89. The molecule has 2 aromatic rings. The maximum absolute atomic E-state index is 11.5. The van der Waals surface area contributed by atoms with E-state index < -0.39 is 5.97 Å². The van der Waals surface area contributed by atoms with Crippen LogP contribution in [-0.2, 0) is 4.79 Å². The van der Waals surface area contributed by atoms with Gasteiger partial charge in [-0.1, -0.05) is 50.1 Å². The number of likely N-dealkylation sites (N-methyl/N-ethyl adjacent to an activating group) is 1. The van der Waals surface area contributed by atoms with Crippen LogP contribution in [0.2, 0.25) is 0 Å². The Morgan fingerprint density at radius 2 is 1.91 bits per heavy atom. The van der Waals surface area contributed by atoms with Crippen LogP contribution in [0.1, 0.15) is 69.6 Å². The number of anilines is 1. The molecule has 1 atom stereocenters. The van der Waals surface area contributed by atoms with E-state index in [0.29, 0.717) is 17.4 Å². The maximum atomic E-state index is 11.5. The lowest BCUT2D eigenvalue weighted by Gasteiger charge is -2.33. The van der Waals surface area contributed by atoms with Crippen molar-refractivity contribution in [1.29, 1.82) is 0 Å². The van der Waals surface area contributed by atoms with Crippen molar-refractivity contribution in [3.8, 4) is 11.5 Å². The number of hydrogen-bond acceptors (Lipinski definition) is 8. The molecule has 0 amide bonds. The third-order valence-corrected chi connectivity index (χ3v) is 6.80. The van der Waals surface area contributed by atoms with Gasteiger partial charge in [-0.3, -0.25) is 4.79 Å². The zero-order valence-electron chi connectivity index (χ0n) is 18.9. The van der Waals surface area contributed by atoms with Crippen molar-refractivity contribution in [2.24, 2.45) is 5.92 Å². The highest BCUT2D eigenvalue weighted by atomic mass is 16.5. The molecule has 174 valence electrons. The van der Waals surface area contributed by atoms with Gasteiger partial charge in [0.15, 0.2) is 11.5 Å². The van der Waals surface area contributed by atoms with E-state index in [4.69, 9.17) is 4.52 Å². The number of carboxylic acids is 1. The summed E-state index contributed by atoms with van der Waals surface area (Å²) in [6.45, 7) is 3.62. The third kappa shape index (κ3) is 5.82. The molecule has 1 saturated heterocycles. The van der Waals surface area contributed by atoms with Crippen LogP contribution in [0.15, 0.2) is 16.9 Å². The molecule has 0 aromatic carbocycles. The Bertz CT molecular complexity index is 874. The van der Waals surface area contributed by atoms with Crippen molar-refractivity contribution in [3.63, 3.8) is 0 Å². The van der Waals surface area contributed by atoms with Crippen LogP contribution in [0, 0.1) is 5.92 Å². The van der Waals surface area contributed by atoms with E-state index in [0.717, 1.165) is 57.2 Å². The molecule has 1 aliphatic heterocycles. The Balaban J connectivity index is 1.46. The average Bonchev–Trinajstić information content (AvgIpc) is 3.30. The summed E-state index contributed by atoms with van der Waals surface area (Å²) in [6.07, 6.45) is 12.8. The lowest BCUT2D eigenvalue weighted by Crippen LogP contribution is -2.45. The van der Waals surface area contributed by atoms with Gasteiger partial charge in [0.05, 0.1) is 6.42 Å². The molecule has 0 unspecified atom stereocenters. The minimum Gasteiger partial charge on any atom is -0.481 e. The molecule has 2 aliphatic rings. The average molecular weight is 443 g/mol. The molecular weight excluding hydrogens is 408 g/mol. The highest BCUT2D eigenvalue weighted by molar-refractivity contribution is 5.68. The van der Waals surface area contributed by atoms with E-state index in [1.54, 1.807) is 12.4 Å². The lowest BCUT2D eigenvalue weighted by molar-refractivity contribution is -0.137. The molecule has 1 saturated carbocycles. The van der Waals surface area contributed by atoms with Gasteiger partial charge in [0, 0.05) is 44.5 Å². The van der Waals surface area contributed by atoms with Gasteiger partial charge in [-0.25, -0.2) is 9.97 Å². The van der Waals surface area contributed by atoms with Gasteiger partial charge in [-0.15, -0.1) is 0 Å². The zero-order chi connectivity index (χ0) is 22.3. The molecule has 4 rings (SSSR count). The fraction of sp³-hybridized carbons (Fsp3) is 0.696. The third-order valence-electron chi connectivity index (χ3n) is 6.80. The number of hydrogen-bond donors (Lipinski definition) is 1.